The highest BCUT2D eigenvalue weighted by atomic mass is 79.9. The number of nitrogens with one attached hydrogen (secondary N) is 3. The SMILES string of the molecule is CCNC(=O)c1ccc(Br)cc1NC(=O)Nc1cc(Cl)cc(Cl)c1. The Hall–Kier alpha value is -1.76. The van der Waals surface area contributed by atoms with Crippen LogP contribution in [0.15, 0.2) is 40.9 Å². The molecule has 0 aliphatic carbocycles. The molecular weight excluding hydrogens is 417 g/mol. The first-order chi connectivity index (χ1) is 11.4. The highest BCUT2D eigenvalue weighted by molar-refractivity contribution is 9.10. The van der Waals surface area contributed by atoms with E-state index in [4.69, 9.17) is 23.2 Å². The number of amides is 3. The fourth-order valence-electron chi connectivity index (χ4n) is 1.98. The van der Waals surface area contributed by atoms with Crippen molar-refractivity contribution < 1.29 is 9.59 Å². The average Bonchev–Trinajstić information content (AvgIpc) is 2.46. The maximum Gasteiger partial charge on any atom is 0.323 e. The quantitative estimate of drug-likeness (QED) is 0.627. The Labute approximate surface area is 157 Å². The van der Waals surface area contributed by atoms with Gasteiger partial charge in [-0.1, -0.05) is 39.1 Å². The largest absolute Gasteiger partial charge is 0.352 e. The average molecular weight is 431 g/mol. The van der Waals surface area contributed by atoms with Gasteiger partial charge in [0.1, 0.15) is 0 Å². The Kier molecular flexibility index (Phi) is 6.48. The lowest BCUT2D eigenvalue weighted by Gasteiger charge is -2.12. The molecule has 8 heteroatoms. The lowest BCUT2D eigenvalue weighted by atomic mass is 10.1. The topological polar surface area (TPSA) is 70.2 Å². The molecule has 0 fully saturated rings. The van der Waals surface area contributed by atoms with Gasteiger partial charge in [0, 0.05) is 26.8 Å². The molecule has 24 heavy (non-hydrogen) atoms. The van der Waals surface area contributed by atoms with Crippen LogP contribution in [-0.4, -0.2) is 18.5 Å². The van der Waals surface area contributed by atoms with Crippen molar-refractivity contribution in [1.82, 2.24) is 5.32 Å². The number of hydrogen-bond donors (Lipinski definition) is 3. The van der Waals surface area contributed by atoms with Crippen LogP contribution in [0.4, 0.5) is 16.2 Å². The zero-order valence-electron chi connectivity index (χ0n) is 12.6. The summed E-state index contributed by atoms with van der Waals surface area (Å²) in [6, 6.07) is 9.18. The molecule has 3 N–H and O–H groups in total. The standard InChI is InChI=1S/C16H14BrCl2N3O2/c1-2-20-15(23)13-4-3-9(17)5-14(13)22-16(24)21-12-7-10(18)6-11(19)8-12/h3-8H,2H2,1H3,(H,20,23)(H2,21,22,24). The minimum Gasteiger partial charge on any atom is -0.352 e. The van der Waals surface area contributed by atoms with Crippen molar-refractivity contribution >= 4 is 62.4 Å². The number of benzene rings is 2. The summed E-state index contributed by atoms with van der Waals surface area (Å²) in [6.45, 7) is 2.31. The van der Waals surface area contributed by atoms with Crippen LogP contribution < -0.4 is 16.0 Å². The minimum absolute atomic E-state index is 0.272. The van der Waals surface area contributed by atoms with Crippen LogP contribution in [0, 0.1) is 0 Å². The fourth-order valence-corrected chi connectivity index (χ4v) is 2.87. The molecule has 0 radical (unpaired) electrons. The van der Waals surface area contributed by atoms with Gasteiger partial charge >= 0.3 is 6.03 Å². The molecule has 0 spiro atoms. The Bertz CT molecular complexity index is 764. The second-order valence-corrected chi connectivity index (χ2v) is 6.58. The first-order valence-corrected chi connectivity index (χ1v) is 8.55. The minimum atomic E-state index is -0.517. The molecule has 2 rings (SSSR count). The van der Waals surface area contributed by atoms with Gasteiger partial charge < -0.3 is 16.0 Å². The number of hydrogen-bond acceptors (Lipinski definition) is 2. The predicted octanol–water partition coefficient (Wildman–Crippen LogP) is 5.15. The number of halogens is 3. The van der Waals surface area contributed by atoms with E-state index in [1.165, 1.54) is 0 Å². The van der Waals surface area contributed by atoms with Crippen molar-refractivity contribution in [2.75, 3.05) is 17.2 Å². The first-order valence-electron chi connectivity index (χ1n) is 7.01. The van der Waals surface area contributed by atoms with Crippen LogP contribution in [0.1, 0.15) is 17.3 Å². The maximum atomic E-state index is 12.2. The Morgan fingerprint density at radius 3 is 2.33 bits per heavy atom. The fraction of sp³-hybridized carbons (Fsp3) is 0.125. The second kappa shape index (κ2) is 8.37. The Morgan fingerprint density at radius 2 is 1.71 bits per heavy atom. The van der Waals surface area contributed by atoms with Crippen molar-refractivity contribution in [3.05, 3.63) is 56.5 Å². The molecule has 0 bridgehead atoms. The molecule has 5 nitrogen and oxygen atoms in total. The van der Waals surface area contributed by atoms with Crippen LogP contribution in [-0.2, 0) is 0 Å². The molecule has 126 valence electrons. The van der Waals surface area contributed by atoms with Gasteiger partial charge in [-0.15, -0.1) is 0 Å². The summed E-state index contributed by atoms with van der Waals surface area (Å²) in [5.74, 6) is -0.272. The zero-order chi connectivity index (χ0) is 17.7. The van der Waals surface area contributed by atoms with E-state index in [0.29, 0.717) is 33.5 Å². The van der Waals surface area contributed by atoms with Crippen LogP contribution in [0.5, 0.6) is 0 Å². The van der Waals surface area contributed by atoms with E-state index >= 15 is 0 Å². The molecule has 0 aromatic heterocycles. The van der Waals surface area contributed by atoms with Crippen molar-refractivity contribution in [2.45, 2.75) is 6.92 Å². The highest BCUT2D eigenvalue weighted by Crippen LogP contribution is 2.24. The third kappa shape index (κ3) is 5.12. The zero-order valence-corrected chi connectivity index (χ0v) is 15.7. The summed E-state index contributed by atoms with van der Waals surface area (Å²) in [4.78, 5) is 24.3. The molecule has 0 aliphatic heterocycles. The van der Waals surface area contributed by atoms with E-state index in [0.717, 1.165) is 4.47 Å². The second-order valence-electron chi connectivity index (χ2n) is 4.79. The summed E-state index contributed by atoms with van der Waals surface area (Å²) >= 11 is 15.1. The first kappa shape index (κ1) is 18.6. The Balaban J connectivity index is 2.18. The molecule has 0 heterocycles. The van der Waals surface area contributed by atoms with Crippen LogP contribution in [0.2, 0.25) is 10.0 Å². The summed E-state index contributed by atoms with van der Waals surface area (Å²) in [5, 5.41) is 8.79. The normalized spacial score (nSPS) is 10.2. The summed E-state index contributed by atoms with van der Waals surface area (Å²) < 4.78 is 0.733. The van der Waals surface area contributed by atoms with Crippen LogP contribution in [0.3, 0.4) is 0 Å². The van der Waals surface area contributed by atoms with Gasteiger partial charge in [-0.2, -0.15) is 0 Å². The van der Waals surface area contributed by atoms with Gasteiger partial charge in [-0.3, -0.25) is 4.79 Å². The molecule has 0 saturated carbocycles. The predicted molar refractivity (Wildman–Crippen MR) is 101 cm³/mol. The van der Waals surface area contributed by atoms with Crippen molar-refractivity contribution in [3.8, 4) is 0 Å². The van der Waals surface area contributed by atoms with Gasteiger partial charge in [0.25, 0.3) is 5.91 Å². The number of carbonyl (C=O) groups is 2. The lowest BCUT2D eigenvalue weighted by Crippen LogP contribution is -2.26. The number of rotatable bonds is 4. The van der Waals surface area contributed by atoms with Crippen molar-refractivity contribution in [3.63, 3.8) is 0 Å². The highest BCUT2D eigenvalue weighted by Gasteiger charge is 2.14. The van der Waals surface area contributed by atoms with Gasteiger partial charge in [0.2, 0.25) is 0 Å². The van der Waals surface area contributed by atoms with E-state index in [2.05, 4.69) is 31.9 Å². The third-order valence-electron chi connectivity index (χ3n) is 2.93. The molecule has 3 amide bonds. The number of anilines is 2. The maximum absolute atomic E-state index is 12.2. The number of urea groups is 1. The van der Waals surface area contributed by atoms with E-state index in [1.54, 1.807) is 36.4 Å². The lowest BCUT2D eigenvalue weighted by molar-refractivity contribution is 0.0956. The molecule has 0 saturated heterocycles. The molecule has 0 atom stereocenters. The molecular formula is C16H14BrCl2N3O2. The van der Waals surface area contributed by atoms with E-state index in [-0.39, 0.29) is 5.91 Å². The van der Waals surface area contributed by atoms with Crippen LogP contribution in [0.25, 0.3) is 0 Å². The summed E-state index contributed by atoms with van der Waals surface area (Å²) in [7, 11) is 0. The number of carbonyl (C=O) groups excluding carboxylic acids is 2. The molecule has 2 aromatic rings. The van der Waals surface area contributed by atoms with Gasteiger partial charge in [0.05, 0.1) is 11.3 Å². The summed E-state index contributed by atoms with van der Waals surface area (Å²) in [5.41, 5.74) is 1.18. The third-order valence-corrected chi connectivity index (χ3v) is 3.86. The Morgan fingerprint density at radius 1 is 1.04 bits per heavy atom. The summed E-state index contributed by atoms with van der Waals surface area (Å²) in [6.07, 6.45) is 0. The molecule has 2 aromatic carbocycles. The van der Waals surface area contributed by atoms with Crippen LogP contribution >= 0.6 is 39.1 Å². The van der Waals surface area contributed by atoms with E-state index < -0.39 is 6.03 Å². The van der Waals surface area contributed by atoms with Crippen molar-refractivity contribution in [2.24, 2.45) is 0 Å². The van der Waals surface area contributed by atoms with Gasteiger partial charge in [-0.25, -0.2) is 4.79 Å². The van der Waals surface area contributed by atoms with Crippen molar-refractivity contribution in [1.29, 1.82) is 0 Å². The molecule has 0 unspecified atom stereocenters. The smallest absolute Gasteiger partial charge is 0.323 e. The monoisotopic (exact) mass is 429 g/mol. The van der Waals surface area contributed by atoms with Gasteiger partial charge in [0.15, 0.2) is 0 Å². The molecule has 0 aliphatic rings. The van der Waals surface area contributed by atoms with Gasteiger partial charge in [-0.05, 0) is 43.3 Å². The van der Waals surface area contributed by atoms with E-state index in [1.807, 2.05) is 6.92 Å². The van der Waals surface area contributed by atoms with E-state index in [9.17, 15) is 9.59 Å².